The minimum absolute atomic E-state index is 0.144. The molecular formula is C11H22O3. The van der Waals surface area contributed by atoms with Crippen LogP contribution >= 0.6 is 0 Å². The second-order valence-corrected chi connectivity index (χ2v) is 5.36. The highest BCUT2D eigenvalue weighted by Crippen LogP contribution is 2.27. The van der Waals surface area contributed by atoms with Crippen LogP contribution in [0.3, 0.4) is 0 Å². The van der Waals surface area contributed by atoms with Gasteiger partial charge < -0.3 is 10.2 Å². The van der Waals surface area contributed by atoms with E-state index in [-0.39, 0.29) is 11.8 Å². The smallest absolute Gasteiger partial charge is 0.305 e. The fraction of sp³-hybridized carbons (Fsp3) is 0.909. The predicted octanol–water partition coefficient (Wildman–Crippen LogP) is 2.28. The largest absolute Gasteiger partial charge is 0.481 e. The summed E-state index contributed by atoms with van der Waals surface area (Å²) in [6, 6.07) is 0. The lowest BCUT2D eigenvalue weighted by Gasteiger charge is -2.24. The highest BCUT2D eigenvalue weighted by molar-refractivity contribution is 5.67. The minimum atomic E-state index is -0.930. The van der Waals surface area contributed by atoms with Crippen molar-refractivity contribution in [3.8, 4) is 0 Å². The predicted molar refractivity (Wildman–Crippen MR) is 56.1 cm³/mol. The van der Waals surface area contributed by atoms with Crippen molar-refractivity contribution in [2.75, 3.05) is 0 Å². The first-order valence-corrected chi connectivity index (χ1v) is 5.10. The van der Waals surface area contributed by atoms with E-state index in [1.807, 2.05) is 0 Å². The SMILES string of the molecule is CC(CC(O)CC(=O)O)CC(C)(C)C. The first kappa shape index (κ1) is 13.4. The van der Waals surface area contributed by atoms with Gasteiger partial charge in [0.25, 0.3) is 0 Å². The van der Waals surface area contributed by atoms with Crippen LogP contribution in [0.15, 0.2) is 0 Å². The number of aliphatic hydroxyl groups excluding tert-OH is 1. The van der Waals surface area contributed by atoms with Gasteiger partial charge in [-0.1, -0.05) is 27.7 Å². The van der Waals surface area contributed by atoms with Crippen molar-refractivity contribution < 1.29 is 15.0 Å². The van der Waals surface area contributed by atoms with E-state index in [1.54, 1.807) is 0 Å². The third-order valence-electron chi connectivity index (χ3n) is 2.05. The summed E-state index contributed by atoms with van der Waals surface area (Å²) in [4.78, 5) is 10.3. The molecule has 0 aromatic rings. The Balaban J connectivity index is 3.82. The first-order chi connectivity index (χ1) is 6.20. The Labute approximate surface area is 86.1 Å². The molecule has 2 unspecified atom stereocenters. The normalized spacial score (nSPS) is 16.4. The van der Waals surface area contributed by atoms with Crippen molar-refractivity contribution in [2.45, 2.75) is 53.1 Å². The zero-order chi connectivity index (χ0) is 11.4. The lowest BCUT2D eigenvalue weighted by Crippen LogP contribution is -2.19. The monoisotopic (exact) mass is 202 g/mol. The molecule has 0 aromatic heterocycles. The molecule has 0 fully saturated rings. The standard InChI is InChI=1S/C11H22O3/c1-8(7-11(2,3)4)5-9(12)6-10(13)14/h8-9,12H,5-7H2,1-4H3,(H,13,14). The number of hydrogen-bond acceptors (Lipinski definition) is 2. The quantitative estimate of drug-likeness (QED) is 0.719. The second-order valence-electron chi connectivity index (χ2n) is 5.36. The van der Waals surface area contributed by atoms with Crippen LogP contribution in [-0.2, 0) is 4.79 Å². The van der Waals surface area contributed by atoms with Crippen LogP contribution in [0.4, 0.5) is 0 Å². The Morgan fingerprint density at radius 2 is 1.86 bits per heavy atom. The molecule has 3 heteroatoms. The van der Waals surface area contributed by atoms with Gasteiger partial charge in [-0.2, -0.15) is 0 Å². The van der Waals surface area contributed by atoms with Gasteiger partial charge in [0.2, 0.25) is 0 Å². The van der Waals surface area contributed by atoms with Gasteiger partial charge in [-0.05, 0) is 24.2 Å². The molecule has 0 bridgehead atoms. The zero-order valence-corrected chi connectivity index (χ0v) is 9.58. The van der Waals surface area contributed by atoms with E-state index in [9.17, 15) is 9.90 Å². The van der Waals surface area contributed by atoms with E-state index in [4.69, 9.17) is 5.11 Å². The lowest BCUT2D eigenvalue weighted by molar-refractivity contribution is -0.139. The van der Waals surface area contributed by atoms with Crippen LogP contribution in [0.2, 0.25) is 0 Å². The number of carboxylic acid groups (broad SMARTS) is 1. The molecule has 0 saturated carbocycles. The van der Waals surface area contributed by atoms with Gasteiger partial charge in [0.15, 0.2) is 0 Å². The van der Waals surface area contributed by atoms with Crippen molar-refractivity contribution in [3.05, 3.63) is 0 Å². The fourth-order valence-corrected chi connectivity index (χ4v) is 1.88. The summed E-state index contributed by atoms with van der Waals surface area (Å²) in [7, 11) is 0. The van der Waals surface area contributed by atoms with E-state index < -0.39 is 12.1 Å². The van der Waals surface area contributed by atoms with Gasteiger partial charge in [0.1, 0.15) is 0 Å². The van der Waals surface area contributed by atoms with E-state index in [0.29, 0.717) is 12.3 Å². The van der Waals surface area contributed by atoms with E-state index in [0.717, 1.165) is 6.42 Å². The number of aliphatic hydroxyl groups is 1. The van der Waals surface area contributed by atoms with Gasteiger partial charge in [0.05, 0.1) is 12.5 Å². The summed E-state index contributed by atoms with van der Waals surface area (Å²) in [5.41, 5.74) is 0.238. The number of carboxylic acids is 1. The maximum Gasteiger partial charge on any atom is 0.305 e. The molecule has 0 aromatic carbocycles. The van der Waals surface area contributed by atoms with E-state index >= 15 is 0 Å². The summed E-state index contributed by atoms with van der Waals surface area (Å²) in [5, 5.41) is 17.9. The van der Waals surface area contributed by atoms with Crippen LogP contribution in [0.5, 0.6) is 0 Å². The molecule has 3 nitrogen and oxygen atoms in total. The van der Waals surface area contributed by atoms with Crippen molar-refractivity contribution in [1.82, 2.24) is 0 Å². The van der Waals surface area contributed by atoms with Crippen LogP contribution in [0.1, 0.15) is 47.0 Å². The lowest BCUT2D eigenvalue weighted by atomic mass is 9.83. The Kier molecular flexibility index (Phi) is 5.13. The maximum absolute atomic E-state index is 10.3. The van der Waals surface area contributed by atoms with Gasteiger partial charge in [0, 0.05) is 0 Å². The molecule has 0 aliphatic carbocycles. The minimum Gasteiger partial charge on any atom is -0.481 e. The number of rotatable bonds is 5. The molecule has 14 heavy (non-hydrogen) atoms. The molecule has 84 valence electrons. The molecule has 0 aliphatic heterocycles. The van der Waals surface area contributed by atoms with Crippen molar-refractivity contribution in [2.24, 2.45) is 11.3 Å². The van der Waals surface area contributed by atoms with Gasteiger partial charge in [-0.25, -0.2) is 0 Å². The van der Waals surface area contributed by atoms with Crippen LogP contribution in [0.25, 0.3) is 0 Å². The van der Waals surface area contributed by atoms with Gasteiger partial charge in [-0.3, -0.25) is 4.79 Å². The summed E-state index contributed by atoms with van der Waals surface area (Å²) in [5.74, 6) is -0.565. The Bertz CT molecular complexity index is 181. The number of hydrogen-bond donors (Lipinski definition) is 2. The van der Waals surface area contributed by atoms with Crippen molar-refractivity contribution in [3.63, 3.8) is 0 Å². The number of carbonyl (C=O) groups is 1. The van der Waals surface area contributed by atoms with Crippen LogP contribution in [0, 0.1) is 11.3 Å². The second kappa shape index (κ2) is 5.35. The van der Waals surface area contributed by atoms with Gasteiger partial charge in [-0.15, -0.1) is 0 Å². The molecule has 0 heterocycles. The van der Waals surface area contributed by atoms with Crippen molar-refractivity contribution in [1.29, 1.82) is 0 Å². The van der Waals surface area contributed by atoms with Crippen LogP contribution < -0.4 is 0 Å². The van der Waals surface area contributed by atoms with Crippen LogP contribution in [-0.4, -0.2) is 22.3 Å². The van der Waals surface area contributed by atoms with E-state index in [2.05, 4.69) is 27.7 Å². The number of aliphatic carboxylic acids is 1. The molecule has 0 saturated heterocycles. The molecule has 0 spiro atoms. The van der Waals surface area contributed by atoms with Gasteiger partial charge >= 0.3 is 5.97 Å². The summed E-state index contributed by atoms with van der Waals surface area (Å²) in [6.45, 7) is 8.49. The molecule has 0 amide bonds. The highest BCUT2D eigenvalue weighted by atomic mass is 16.4. The molecule has 2 N–H and O–H groups in total. The Hall–Kier alpha value is -0.570. The third-order valence-corrected chi connectivity index (χ3v) is 2.05. The maximum atomic E-state index is 10.3. The fourth-order valence-electron chi connectivity index (χ4n) is 1.88. The summed E-state index contributed by atoms with van der Waals surface area (Å²) < 4.78 is 0. The molecular weight excluding hydrogens is 180 g/mol. The van der Waals surface area contributed by atoms with Crippen molar-refractivity contribution >= 4 is 5.97 Å². The average molecular weight is 202 g/mol. The Morgan fingerprint density at radius 1 is 1.36 bits per heavy atom. The van der Waals surface area contributed by atoms with E-state index in [1.165, 1.54) is 0 Å². The Morgan fingerprint density at radius 3 is 2.21 bits per heavy atom. The topological polar surface area (TPSA) is 57.5 Å². The third kappa shape index (κ3) is 8.05. The average Bonchev–Trinajstić information content (AvgIpc) is 1.77. The molecule has 2 atom stereocenters. The molecule has 0 rings (SSSR count). The summed E-state index contributed by atoms with van der Waals surface area (Å²) >= 11 is 0. The highest BCUT2D eigenvalue weighted by Gasteiger charge is 2.19. The first-order valence-electron chi connectivity index (χ1n) is 5.10. The zero-order valence-electron chi connectivity index (χ0n) is 9.58. The molecule has 0 radical (unpaired) electrons. The summed E-state index contributed by atoms with van der Waals surface area (Å²) in [6.07, 6.45) is 0.728. The molecule has 0 aliphatic rings.